The Balaban J connectivity index is 2.22. The number of rotatable bonds is 6. The van der Waals surface area contributed by atoms with Crippen LogP contribution in [0.2, 0.25) is 0 Å². The summed E-state index contributed by atoms with van der Waals surface area (Å²) in [4.78, 5) is 28.7. The summed E-state index contributed by atoms with van der Waals surface area (Å²) in [5.74, 6) is -0.168. The van der Waals surface area contributed by atoms with Crippen LogP contribution in [0.4, 0.5) is 11.6 Å². The van der Waals surface area contributed by atoms with E-state index in [1.165, 1.54) is 0 Å². The predicted octanol–water partition coefficient (Wildman–Crippen LogP) is 2.25. The van der Waals surface area contributed by atoms with Crippen molar-refractivity contribution >= 4 is 17.6 Å². The molecule has 0 fully saturated rings. The highest BCUT2D eigenvalue weighted by molar-refractivity contribution is 5.86. The molecule has 3 N–H and O–H groups in total. The molecule has 0 aliphatic heterocycles. The summed E-state index contributed by atoms with van der Waals surface area (Å²) in [6.45, 7) is 4.64. The summed E-state index contributed by atoms with van der Waals surface area (Å²) >= 11 is 0. The van der Waals surface area contributed by atoms with Gasteiger partial charge < -0.3 is 15.2 Å². The third-order valence-corrected chi connectivity index (χ3v) is 2.74. The number of H-pyrrole nitrogens is 1. The molecule has 7 nitrogen and oxygen atoms in total. The van der Waals surface area contributed by atoms with Crippen molar-refractivity contribution in [3.05, 3.63) is 46.4 Å². The molecule has 0 saturated carbocycles. The minimum absolute atomic E-state index is 0.149. The largest absolute Gasteiger partial charge is 0.491 e. The van der Waals surface area contributed by atoms with Crippen LogP contribution >= 0.6 is 0 Å². The molecule has 2 aromatic rings. The molecule has 1 heterocycles. The van der Waals surface area contributed by atoms with Crippen molar-refractivity contribution in [3.8, 4) is 5.75 Å². The average Bonchev–Trinajstić information content (AvgIpc) is 2.46. The SMILES string of the molecule is CC(C)COc1ccccc1Nc1ncc(C(=O)O)c(=O)[nH]1. The summed E-state index contributed by atoms with van der Waals surface area (Å²) in [6.07, 6.45) is 1.01. The van der Waals surface area contributed by atoms with E-state index < -0.39 is 17.1 Å². The number of carboxylic acid groups (broad SMARTS) is 1. The smallest absolute Gasteiger partial charge is 0.342 e. The number of aromatic nitrogens is 2. The Labute approximate surface area is 127 Å². The van der Waals surface area contributed by atoms with Crippen molar-refractivity contribution in [2.45, 2.75) is 13.8 Å². The molecular formula is C15H17N3O4. The highest BCUT2D eigenvalue weighted by Crippen LogP contribution is 2.26. The number of anilines is 2. The first-order valence-electron chi connectivity index (χ1n) is 6.79. The highest BCUT2D eigenvalue weighted by Gasteiger charge is 2.11. The quantitative estimate of drug-likeness (QED) is 0.756. The Bertz CT molecular complexity index is 725. The van der Waals surface area contributed by atoms with E-state index in [-0.39, 0.29) is 5.95 Å². The van der Waals surface area contributed by atoms with Gasteiger partial charge >= 0.3 is 5.97 Å². The van der Waals surface area contributed by atoms with Crippen LogP contribution < -0.4 is 15.6 Å². The first-order valence-corrected chi connectivity index (χ1v) is 6.79. The van der Waals surface area contributed by atoms with Crippen LogP contribution in [0.15, 0.2) is 35.3 Å². The zero-order valence-corrected chi connectivity index (χ0v) is 12.3. The number of hydrogen-bond acceptors (Lipinski definition) is 5. The highest BCUT2D eigenvalue weighted by atomic mass is 16.5. The Morgan fingerprint density at radius 2 is 2.14 bits per heavy atom. The van der Waals surface area contributed by atoms with Gasteiger partial charge in [-0.05, 0) is 18.1 Å². The van der Waals surface area contributed by atoms with Gasteiger partial charge in [-0.15, -0.1) is 0 Å². The molecule has 1 aromatic heterocycles. The molecule has 0 radical (unpaired) electrons. The topological polar surface area (TPSA) is 104 Å². The Morgan fingerprint density at radius 3 is 2.77 bits per heavy atom. The van der Waals surface area contributed by atoms with Crippen LogP contribution in [0.5, 0.6) is 5.75 Å². The summed E-state index contributed by atoms with van der Waals surface area (Å²) in [6, 6.07) is 7.23. The van der Waals surface area contributed by atoms with E-state index in [4.69, 9.17) is 9.84 Å². The fourth-order valence-electron chi connectivity index (χ4n) is 1.69. The monoisotopic (exact) mass is 303 g/mol. The zero-order chi connectivity index (χ0) is 16.1. The van der Waals surface area contributed by atoms with Gasteiger partial charge in [-0.3, -0.25) is 9.78 Å². The Hall–Kier alpha value is -2.83. The van der Waals surface area contributed by atoms with Gasteiger partial charge in [0.25, 0.3) is 5.56 Å². The van der Waals surface area contributed by atoms with Crippen molar-refractivity contribution in [3.63, 3.8) is 0 Å². The van der Waals surface area contributed by atoms with Crippen molar-refractivity contribution < 1.29 is 14.6 Å². The number of nitrogens with zero attached hydrogens (tertiary/aromatic N) is 1. The van der Waals surface area contributed by atoms with Gasteiger partial charge in [-0.2, -0.15) is 0 Å². The summed E-state index contributed by atoms with van der Waals surface area (Å²) in [5.41, 5.74) is -0.491. The van der Waals surface area contributed by atoms with Crippen LogP contribution in [0.3, 0.4) is 0 Å². The second kappa shape index (κ2) is 6.75. The van der Waals surface area contributed by atoms with Crippen molar-refractivity contribution in [1.29, 1.82) is 0 Å². The van der Waals surface area contributed by atoms with Gasteiger partial charge in [-0.1, -0.05) is 26.0 Å². The molecule has 7 heteroatoms. The molecule has 22 heavy (non-hydrogen) atoms. The number of hydrogen-bond donors (Lipinski definition) is 3. The van der Waals surface area contributed by atoms with Gasteiger partial charge in [0.2, 0.25) is 5.95 Å². The second-order valence-corrected chi connectivity index (χ2v) is 5.11. The van der Waals surface area contributed by atoms with E-state index in [0.29, 0.717) is 24.0 Å². The molecular weight excluding hydrogens is 286 g/mol. The lowest BCUT2D eigenvalue weighted by molar-refractivity contribution is 0.0694. The third kappa shape index (κ3) is 3.85. The maximum Gasteiger partial charge on any atom is 0.342 e. The fourth-order valence-corrected chi connectivity index (χ4v) is 1.69. The standard InChI is InChI=1S/C15H17N3O4/c1-9(2)8-22-12-6-4-3-5-11(12)17-15-16-7-10(14(20)21)13(19)18-15/h3-7,9H,8H2,1-2H3,(H,20,21)(H2,16,17,18,19). The number of benzene rings is 1. The van der Waals surface area contributed by atoms with Crippen LogP contribution in [-0.2, 0) is 0 Å². The molecule has 0 aliphatic rings. The average molecular weight is 303 g/mol. The van der Waals surface area contributed by atoms with Crippen molar-refractivity contribution in [1.82, 2.24) is 9.97 Å². The molecule has 116 valence electrons. The van der Waals surface area contributed by atoms with Crippen LogP contribution in [0.1, 0.15) is 24.2 Å². The molecule has 0 saturated heterocycles. The van der Waals surface area contributed by atoms with Crippen molar-refractivity contribution in [2.24, 2.45) is 5.92 Å². The number of carbonyl (C=O) groups is 1. The lowest BCUT2D eigenvalue weighted by Gasteiger charge is -2.13. The van der Waals surface area contributed by atoms with E-state index in [2.05, 4.69) is 15.3 Å². The van der Waals surface area contributed by atoms with Gasteiger partial charge in [0.1, 0.15) is 11.3 Å². The predicted molar refractivity (Wildman–Crippen MR) is 81.9 cm³/mol. The molecule has 0 amide bonds. The molecule has 0 atom stereocenters. The van der Waals surface area contributed by atoms with Crippen molar-refractivity contribution in [2.75, 3.05) is 11.9 Å². The number of ether oxygens (including phenoxy) is 1. The molecule has 0 aliphatic carbocycles. The zero-order valence-electron chi connectivity index (χ0n) is 12.3. The van der Waals surface area contributed by atoms with Crippen LogP contribution in [0, 0.1) is 5.92 Å². The van der Waals surface area contributed by atoms with Gasteiger partial charge in [0.05, 0.1) is 18.5 Å². The molecule has 0 bridgehead atoms. The molecule has 0 unspecified atom stereocenters. The number of aromatic amines is 1. The Kier molecular flexibility index (Phi) is 4.77. The van der Waals surface area contributed by atoms with E-state index >= 15 is 0 Å². The van der Waals surface area contributed by atoms with Crippen LogP contribution in [-0.4, -0.2) is 27.7 Å². The lowest BCUT2D eigenvalue weighted by Crippen LogP contribution is -2.19. The van der Waals surface area contributed by atoms with Crippen LogP contribution in [0.25, 0.3) is 0 Å². The second-order valence-electron chi connectivity index (χ2n) is 5.11. The number of nitrogens with one attached hydrogen (secondary N) is 2. The normalized spacial score (nSPS) is 10.5. The maximum atomic E-state index is 11.6. The summed E-state index contributed by atoms with van der Waals surface area (Å²) in [5, 5.41) is 11.7. The van der Waals surface area contributed by atoms with Gasteiger partial charge in [0, 0.05) is 0 Å². The maximum absolute atomic E-state index is 11.6. The minimum atomic E-state index is -1.32. The van der Waals surface area contributed by atoms with E-state index in [1.54, 1.807) is 12.1 Å². The molecule has 0 spiro atoms. The number of aromatic carboxylic acids is 1. The number of carboxylic acids is 1. The third-order valence-electron chi connectivity index (χ3n) is 2.74. The molecule has 1 aromatic carbocycles. The lowest BCUT2D eigenvalue weighted by atomic mass is 10.2. The van der Waals surface area contributed by atoms with Gasteiger partial charge in [-0.25, -0.2) is 9.78 Å². The molecule has 2 rings (SSSR count). The van der Waals surface area contributed by atoms with Gasteiger partial charge in [0.15, 0.2) is 0 Å². The first-order chi connectivity index (χ1) is 10.5. The summed E-state index contributed by atoms with van der Waals surface area (Å²) < 4.78 is 5.69. The van der Waals surface area contributed by atoms with E-state index in [0.717, 1.165) is 6.20 Å². The van der Waals surface area contributed by atoms with E-state index in [9.17, 15) is 9.59 Å². The first kappa shape index (κ1) is 15.6. The fraction of sp³-hybridized carbons (Fsp3) is 0.267. The van der Waals surface area contributed by atoms with E-state index in [1.807, 2.05) is 26.0 Å². The number of para-hydroxylation sites is 2. The minimum Gasteiger partial charge on any atom is -0.491 e. The Morgan fingerprint density at radius 1 is 1.41 bits per heavy atom. The summed E-state index contributed by atoms with van der Waals surface area (Å²) in [7, 11) is 0.